The average Bonchev–Trinajstić information content (AvgIpc) is 2.44. The lowest BCUT2D eigenvalue weighted by Crippen LogP contribution is -2.30. The third kappa shape index (κ3) is 9.99. The van der Waals surface area contributed by atoms with Gasteiger partial charge in [-0.2, -0.15) is 0 Å². The number of carbonyl (C=O) groups excluding carboxylic acids is 2. The molecule has 0 unspecified atom stereocenters. The second-order valence-electron chi connectivity index (χ2n) is 3.57. The Kier molecular flexibility index (Phi) is 10.4. The van der Waals surface area contributed by atoms with Crippen LogP contribution in [0.5, 0.6) is 0 Å². The van der Waals surface area contributed by atoms with Crippen molar-refractivity contribution in [3.05, 3.63) is 25.3 Å². The van der Waals surface area contributed by atoms with E-state index in [0.717, 1.165) is 0 Å². The molecular formula is C13H22N2O4. The second-order valence-corrected chi connectivity index (χ2v) is 3.57. The highest BCUT2D eigenvalue weighted by molar-refractivity contribution is 5.87. The summed E-state index contributed by atoms with van der Waals surface area (Å²) >= 11 is 0. The molecule has 0 aromatic carbocycles. The van der Waals surface area contributed by atoms with Gasteiger partial charge in [0.15, 0.2) is 6.29 Å². The molecule has 0 saturated carbocycles. The van der Waals surface area contributed by atoms with Gasteiger partial charge in [-0.15, -0.1) is 0 Å². The number of hydrogen-bond donors (Lipinski definition) is 2. The number of nitrogens with one attached hydrogen (secondary N) is 2. The Hall–Kier alpha value is -1.66. The Balaban J connectivity index is 3.60. The topological polar surface area (TPSA) is 76.7 Å². The monoisotopic (exact) mass is 270 g/mol. The molecule has 0 aliphatic heterocycles. The van der Waals surface area contributed by atoms with Gasteiger partial charge in [-0.1, -0.05) is 20.1 Å². The van der Waals surface area contributed by atoms with Crippen molar-refractivity contribution in [1.29, 1.82) is 0 Å². The number of carbonyl (C=O) groups is 2. The first-order valence-electron chi connectivity index (χ1n) is 6.17. The predicted octanol–water partition coefficient (Wildman–Crippen LogP) is 0.360. The Bertz CT molecular complexity index is 277. The van der Waals surface area contributed by atoms with E-state index in [4.69, 9.17) is 9.47 Å². The Morgan fingerprint density at radius 3 is 1.79 bits per heavy atom. The van der Waals surface area contributed by atoms with Gasteiger partial charge in [0.2, 0.25) is 11.8 Å². The van der Waals surface area contributed by atoms with E-state index >= 15 is 0 Å². The molecule has 0 spiro atoms. The van der Waals surface area contributed by atoms with Crippen LogP contribution in [0.1, 0.15) is 13.3 Å². The quantitative estimate of drug-likeness (QED) is 0.323. The van der Waals surface area contributed by atoms with E-state index in [0.29, 0.717) is 32.7 Å². The molecule has 2 amide bonds. The summed E-state index contributed by atoms with van der Waals surface area (Å²) in [7, 11) is 0. The molecule has 108 valence electrons. The highest BCUT2D eigenvalue weighted by Crippen LogP contribution is 1.99. The summed E-state index contributed by atoms with van der Waals surface area (Å²) in [5, 5.41) is 5.19. The highest BCUT2D eigenvalue weighted by Gasteiger charge is 2.06. The van der Waals surface area contributed by atoms with Crippen LogP contribution in [-0.2, 0) is 19.1 Å². The zero-order valence-corrected chi connectivity index (χ0v) is 11.3. The van der Waals surface area contributed by atoms with Crippen LogP contribution in [-0.4, -0.2) is 44.4 Å². The minimum atomic E-state index is -0.346. The van der Waals surface area contributed by atoms with Gasteiger partial charge in [0, 0.05) is 13.1 Å². The maximum Gasteiger partial charge on any atom is 0.243 e. The first kappa shape index (κ1) is 17.3. The summed E-state index contributed by atoms with van der Waals surface area (Å²) in [6.07, 6.45) is 2.75. The van der Waals surface area contributed by atoms with Crippen molar-refractivity contribution >= 4 is 11.8 Å². The minimum absolute atomic E-state index is 0.232. The number of hydrogen-bond acceptors (Lipinski definition) is 4. The fourth-order valence-corrected chi connectivity index (χ4v) is 1.16. The van der Waals surface area contributed by atoms with E-state index in [1.165, 1.54) is 12.2 Å². The van der Waals surface area contributed by atoms with Crippen molar-refractivity contribution in [1.82, 2.24) is 10.6 Å². The summed E-state index contributed by atoms with van der Waals surface area (Å²) in [5.41, 5.74) is 0. The van der Waals surface area contributed by atoms with Crippen molar-refractivity contribution in [2.24, 2.45) is 0 Å². The first-order chi connectivity index (χ1) is 9.13. The lowest BCUT2D eigenvalue weighted by Gasteiger charge is -2.17. The third-order valence-electron chi connectivity index (χ3n) is 2.11. The van der Waals surface area contributed by atoms with Crippen molar-refractivity contribution in [2.45, 2.75) is 19.6 Å². The van der Waals surface area contributed by atoms with Crippen LogP contribution in [0.4, 0.5) is 0 Å². The summed E-state index contributed by atoms with van der Waals surface area (Å²) in [6, 6.07) is 0. The summed E-state index contributed by atoms with van der Waals surface area (Å²) in [6.45, 7) is 10.1. The van der Waals surface area contributed by atoms with Gasteiger partial charge in [0.05, 0.1) is 13.2 Å². The van der Waals surface area contributed by atoms with Crippen molar-refractivity contribution in [3.8, 4) is 0 Å². The molecule has 0 radical (unpaired) electrons. The zero-order valence-electron chi connectivity index (χ0n) is 11.3. The number of ether oxygens (including phenoxy) is 2. The zero-order chi connectivity index (χ0) is 14.5. The molecule has 0 aromatic rings. The van der Waals surface area contributed by atoms with Crippen LogP contribution in [0.15, 0.2) is 25.3 Å². The van der Waals surface area contributed by atoms with Crippen molar-refractivity contribution in [2.75, 3.05) is 26.3 Å². The molecule has 19 heavy (non-hydrogen) atoms. The second kappa shape index (κ2) is 11.4. The van der Waals surface area contributed by atoms with Crippen LogP contribution in [0.3, 0.4) is 0 Å². The molecule has 0 heterocycles. The minimum Gasteiger partial charge on any atom is -0.351 e. The van der Waals surface area contributed by atoms with Crippen LogP contribution < -0.4 is 10.6 Å². The normalized spacial score (nSPS) is 10.0. The van der Waals surface area contributed by atoms with Crippen LogP contribution >= 0.6 is 0 Å². The Labute approximate surface area is 113 Å². The smallest absolute Gasteiger partial charge is 0.243 e. The van der Waals surface area contributed by atoms with Gasteiger partial charge >= 0.3 is 0 Å². The standard InChI is InChI=1S/C13H22N2O4/c1-4-11(16)14-7-9-18-13(6-3)19-10-8-15-12(17)5-2/h4-5,13H,1-2,6-10H2,3H3,(H,14,16)(H,15,17). The van der Waals surface area contributed by atoms with Gasteiger partial charge in [-0.25, -0.2) is 0 Å². The van der Waals surface area contributed by atoms with Gasteiger partial charge in [-0.3, -0.25) is 9.59 Å². The fraction of sp³-hybridized carbons (Fsp3) is 0.538. The van der Waals surface area contributed by atoms with Crippen molar-refractivity contribution < 1.29 is 19.1 Å². The van der Waals surface area contributed by atoms with Crippen molar-refractivity contribution in [3.63, 3.8) is 0 Å². The molecule has 2 N–H and O–H groups in total. The number of amides is 2. The van der Waals surface area contributed by atoms with Crippen LogP contribution in [0.25, 0.3) is 0 Å². The molecule has 0 bridgehead atoms. The molecular weight excluding hydrogens is 248 g/mol. The molecule has 6 nitrogen and oxygen atoms in total. The molecule has 0 aliphatic carbocycles. The molecule has 0 rings (SSSR count). The third-order valence-corrected chi connectivity index (χ3v) is 2.11. The van der Waals surface area contributed by atoms with Crippen LogP contribution in [0.2, 0.25) is 0 Å². The van der Waals surface area contributed by atoms with E-state index in [2.05, 4.69) is 23.8 Å². The van der Waals surface area contributed by atoms with Gasteiger partial charge < -0.3 is 20.1 Å². The molecule has 0 atom stereocenters. The lowest BCUT2D eigenvalue weighted by atomic mass is 10.4. The summed E-state index contributed by atoms with van der Waals surface area (Å²) < 4.78 is 10.8. The molecule has 0 saturated heterocycles. The number of rotatable bonds is 11. The van der Waals surface area contributed by atoms with Gasteiger partial charge in [0.1, 0.15) is 0 Å². The highest BCUT2D eigenvalue weighted by atomic mass is 16.7. The maximum atomic E-state index is 10.9. The molecule has 0 aliphatic rings. The Morgan fingerprint density at radius 1 is 1.05 bits per heavy atom. The van der Waals surface area contributed by atoms with E-state index in [1.54, 1.807) is 0 Å². The molecule has 0 fully saturated rings. The predicted molar refractivity (Wildman–Crippen MR) is 72.4 cm³/mol. The van der Waals surface area contributed by atoms with E-state index in [-0.39, 0.29) is 18.1 Å². The first-order valence-corrected chi connectivity index (χ1v) is 6.17. The van der Waals surface area contributed by atoms with Gasteiger partial charge in [-0.05, 0) is 18.6 Å². The summed E-state index contributed by atoms with van der Waals surface area (Å²) in [4.78, 5) is 21.7. The molecule has 6 heteroatoms. The lowest BCUT2D eigenvalue weighted by molar-refractivity contribution is -0.143. The fourth-order valence-electron chi connectivity index (χ4n) is 1.16. The van der Waals surface area contributed by atoms with Gasteiger partial charge in [0.25, 0.3) is 0 Å². The van der Waals surface area contributed by atoms with E-state index < -0.39 is 0 Å². The average molecular weight is 270 g/mol. The maximum absolute atomic E-state index is 10.9. The van der Waals surface area contributed by atoms with Crippen LogP contribution in [0, 0.1) is 0 Å². The summed E-state index contributed by atoms with van der Waals surface area (Å²) in [5.74, 6) is -0.464. The van der Waals surface area contributed by atoms with E-state index in [1.807, 2.05) is 6.92 Å². The SMILES string of the molecule is C=CC(=O)NCCOC(CC)OCCNC(=O)C=C. The molecule has 0 aromatic heterocycles. The Morgan fingerprint density at radius 2 is 1.47 bits per heavy atom. The largest absolute Gasteiger partial charge is 0.351 e. The van der Waals surface area contributed by atoms with E-state index in [9.17, 15) is 9.59 Å².